The van der Waals surface area contributed by atoms with Gasteiger partial charge in [-0.05, 0) is 53.7 Å². The first kappa shape index (κ1) is 19.8. The highest BCUT2D eigenvalue weighted by Crippen LogP contribution is 2.26. The summed E-state index contributed by atoms with van der Waals surface area (Å²) in [6.45, 7) is 11.0. The zero-order valence-electron chi connectivity index (χ0n) is 17.0. The molecule has 0 spiro atoms. The monoisotopic (exact) mass is 383 g/mol. The smallest absolute Gasteiger partial charge is 0.161 e. The van der Waals surface area contributed by atoms with Gasteiger partial charge in [0.15, 0.2) is 23.3 Å². The minimum Gasteiger partial charge on any atom is -0.209 e. The van der Waals surface area contributed by atoms with Crippen molar-refractivity contribution in [2.24, 2.45) is 0 Å². The minimum atomic E-state index is -0.625. The molecule has 0 atom stereocenters. The molecule has 0 saturated heterocycles. The molecule has 0 saturated carbocycles. The Balaban J connectivity index is 2.03. The molecule has 9 nitrogen and oxygen atoms in total. The average molecular weight is 383 g/mol. The van der Waals surface area contributed by atoms with E-state index in [9.17, 15) is 10.4 Å². The third-order valence-electron chi connectivity index (χ3n) is 4.03. The average Bonchev–Trinajstić information content (AvgIpc) is 3.28. The Morgan fingerprint density at radius 3 is 1.46 bits per heavy atom. The Kier molecular flexibility index (Phi) is 4.90. The van der Waals surface area contributed by atoms with Crippen LogP contribution in [0.15, 0.2) is 42.7 Å². The van der Waals surface area contributed by atoms with E-state index in [0.29, 0.717) is 23.3 Å². The van der Waals surface area contributed by atoms with Crippen molar-refractivity contribution in [1.82, 2.24) is 24.5 Å². The van der Waals surface area contributed by atoms with Crippen molar-refractivity contribution in [3.8, 4) is 11.6 Å². The maximum absolute atomic E-state index is 12.7. The number of aromatic nitrogens is 5. The van der Waals surface area contributed by atoms with E-state index in [-0.39, 0.29) is 0 Å². The van der Waals surface area contributed by atoms with Gasteiger partial charge in [0.05, 0.1) is 23.5 Å². The van der Waals surface area contributed by atoms with Gasteiger partial charge >= 0.3 is 0 Å². The van der Waals surface area contributed by atoms with Crippen LogP contribution in [0.1, 0.15) is 41.5 Å². The second-order valence-electron chi connectivity index (χ2n) is 8.49. The first-order valence-corrected chi connectivity index (χ1v) is 9.01. The van der Waals surface area contributed by atoms with Crippen LogP contribution in [0.25, 0.3) is 11.6 Å². The highest BCUT2D eigenvalue weighted by Gasteiger charge is 2.27. The van der Waals surface area contributed by atoms with Gasteiger partial charge in [-0.1, -0.05) is 16.5 Å². The van der Waals surface area contributed by atoms with Crippen molar-refractivity contribution in [2.75, 3.05) is 10.1 Å². The summed E-state index contributed by atoms with van der Waals surface area (Å²) in [6.07, 6.45) is 3.11. The number of hydroxylamine groups is 2. The second kappa shape index (κ2) is 6.92. The third-order valence-corrected chi connectivity index (χ3v) is 4.03. The lowest BCUT2D eigenvalue weighted by Gasteiger charge is -2.29. The highest BCUT2D eigenvalue weighted by molar-refractivity contribution is 5.47. The van der Waals surface area contributed by atoms with E-state index in [1.807, 2.05) is 41.5 Å². The summed E-state index contributed by atoms with van der Waals surface area (Å²) in [4.78, 5) is 4.58. The van der Waals surface area contributed by atoms with E-state index in [4.69, 9.17) is 0 Å². The fraction of sp³-hybridized carbons (Fsp3) is 0.421. The van der Waals surface area contributed by atoms with Gasteiger partial charge in [-0.2, -0.15) is 29.7 Å². The van der Waals surface area contributed by atoms with Gasteiger partial charge in [0.1, 0.15) is 0 Å². The topological polar surface area (TPSA) is 94.8 Å². The lowest BCUT2D eigenvalue weighted by molar-refractivity contribution is 0.0981. The van der Waals surface area contributed by atoms with Crippen LogP contribution in [0.4, 0.5) is 11.6 Å². The number of hydrogen-bond acceptors (Lipinski definition) is 5. The van der Waals surface area contributed by atoms with Crippen LogP contribution in [0.3, 0.4) is 0 Å². The summed E-state index contributed by atoms with van der Waals surface area (Å²) < 4.78 is 2.95. The molecule has 0 N–H and O–H groups in total. The van der Waals surface area contributed by atoms with Crippen LogP contribution in [-0.4, -0.2) is 35.6 Å². The van der Waals surface area contributed by atoms with Crippen molar-refractivity contribution in [2.45, 2.75) is 52.6 Å². The number of nitrogens with zero attached hydrogens (tertiary/aromatic N) is 7. The number of anilines is 2. The largest absolute Gasteiger partial charge is 0.209 e. The first-order valence-electron chi connectivity index (χ1n) is 9.01. The molecule has 0 unspecified atom stereocenters. The van der Waals surface area contributed by atoms with Crippen LogP contribution in [-0.2, 0) is 10.4 Å². The molecule has 3 aromatic rings. The van der Waals surface area contributed by atoms with Gasteiger partial charge in [-0.3, -0.25) is 0 Å². The van der Waals surface area contributed by atoms with Gasteiger partial charge in [0.25, 0.3) is 0 Å². The van der Waals surface area contributed by atoms with E-state index < -0.39 is 11.1 Å². The molecule has 0 fully saturated rings. The van der Waals surface area contributed by atoms with Crippen molar-refractivity contribution in [3.63, 3.8) is 0 Å². The molecular formula is C19H25N7O2. The fourth-order valence-corrected chi connectivity index (χ4v) is 2.59. The Bertz CT molecular complexity index is 876. The molecule has 0 aromatic carbocycles. The summed E-state index contributed by atoms with van der Waals surface area (Å²) in [5, 5.41) is 35.6. The molecule has 0 bridgehead atoms. The van der Waals surface area contributed by atoms with E-state index >= 15 is 0 Å². The lowest BCUT2D eigenvalue weighted by Crippen LogP contribution is -2.39. The Labute approximate surface area is 164 Å². The van der Waals surface area contributed by atoms with Gasteiger partial charge in [-0.25, -0.2) is 4.98 Å². The Hall–Kier alpha value is -2.91. The van der Waals surface area contributed by atoms with Gasteiger partial charge < -0.3 is 0 Å². The number of pyridine rings is 1. The Morgan fingerprint density at radius 1 is 0.714 bits per heavy atom. The maximum Gasteiger partial charge on any atom is 0.161 e. The highest BCUT2D eigenvalue weighted by atomic mass is 16.5. The van der Waals surface area contributed by atoms with Crippen molar-refractivity contribution in [1.29, 1.82) is 0 Å². The van der Waals surface area contributed by atoms with Gasteiger partial charge in [0.2, 0.25) is 0 Å². The van der Waals surface area contributed by atoms with E-state index in [1.54, 1.807) is 42.7 Å². The molecule has 3 aromatic heterocycles. The summed E-state index contributed by atoms with van der Waals surface area (Å²) in [6, 6.07) is 8.57. The predicted octanol–water partition coefficient (Wildman–Crippen LogP) is 3.35. The van der Waals surface area contributed by atoms with Crippen LogP contribution in [0, 0.1) is 0 Å². The molecule has 3 rings (SSSR count). The first-order chi connectivity index (χ1) is 13.0. The quantitative estimate of drug-likeness (QED) is 0.644. The second-order valence-corrected chi connectivity index (χ2v) is 8.49. The molecule has 3 heterocycles. The number of rotatable bonds is 4. The standard InChI is InChI=1S/C19H25N7O2/c1-18(2,3)25(27)16-10-12-20-23(16)14-8-7-9-15(22-14)24-17(11-13-21-24)26(28)19(4,5)6/h7-13H,1-6H3. The van der Waals surface area contributed by atoms with E-state index in [2.05, 4.69) is 15.2 Å². The molecule has 0 amide bonds. The van der Waals surface area contributed by atoms with E-state index in [1.165, 1.54) is 9.36 Å². The zero-order valence-corrected chi connectivity index (χ0v) is 17.0. The molecule has 28 heavy (non-hydrogen) atoms. The predicted molar refractivity (Wildman–Crippen MR) is 104 cm³/mol. The number of hydrogen-bond donors (Lipinski definition) is 0. The van der Waals surface area contributed by atoms with E-state index in [0.717, 1.165) is 10.1 Å². The molecule has 0 aliphatic rings. The van der Waals surface area contributed by atoms with Crippen LogP contribution in [0.2, 0.25) is 0 Å². The summed E-state index contributed by atoms with van der Waals surface area (Å²) in [7, 11) is 0. The zero-order chi connectivity index (χ0) is 20.7. The van der Waals surface area contributed by atoms with Crippen LogP contribution in [0.5, 0.6) is 0 Å². The molecule has 148 valence electrons. The van der Waals surface area contributed by atoms with Crippen molar-refractivity contribution >= 4 is 11.6 Å². The SMILES string of the molecule is CC(C)(C)N([O])c1ccnn1-c1cccc(-n2nccc2N([O])C(C)(C)C)n1. The summed E-state index contributed by atoms with van der Waals surface area (Å²) in [5.74, 6) is 1.66. The summed E-state index contributed by atoms with van der Waals surface area (Å²) >= 11 is 0. The summed E-state index contributed by atoms with van der Waals surface area (Å²) in [5.41, 5.74) is -1.25. The van der Waals surface area contributed by atoms with Gasteiger partial charge in [0, 0.05) is 12.1 Å². The van der Waals surface area contributed by atoms with Crippen molar-refractivity contribution in [3.05, 3.63) is 42.7 Å². The lowest BCUT2D eigenvalue weighted by atomic mass is 10.1. The fourth-order valence-electron chi connectivity index (χ4n) is 2.59. The van der Waals surface area contributed by atoms with Crippen molar-refractivity contribution < 1.29 is 10.4 Å². The molecule has 0 aliphatic carbocycles. The van der Waals surface area contributed by atoms with Gasteiger partial charge in [-0.15, -0.1) is 0 Å². The van der Waals surface area contributed by atoms with Crippen LogP contribution >= 0.6 is 0 Å². The molecule has 9 heteroatoms. The minimum absolute atomic E-state index is 0.373. The molecule has 0 aliphatic heterocycles. The van der Waals surface area contributed by atoms with Crippen LogP contribution < -0.4 is 10.1 Å². The maximum atomic E-state index is 12.7. The third kappa shape index (κ3) is 3.71. The molecular weight excluding hydrogens is 358 g/mol. The normalized spacial score (nSPS) is 12.3. The molecule has 2 radical (unpaired) electrons. The Morgan fingerprint density at radius 2 is 1.11 bits per heavy atom.